The van der Waals surface area contributed by atoms with E-state index >= 15 is 0 Å². The van der Waals surface area contributed by atoms with Crippen molar-refractivity contribution in [2.75, 3.05) is 6.61 Å². The van der Waals surface area contributed by atoms with E-state index in [2.05, 4.69) is 0 Å². The number of hydrogen-bond acceptors (Lipinski definition) is 3. The van der Waals surface area contributed by atoms with Gasteiger partial charge in [0.15, 0.2) is 0 Å². The molecular weight excluding hydrogens is 144 g/mol. The van der Waals surface area contributed by atoms with E-state index in [1.54, 1.807) is 6.92 Å². The van der Waals surface area contributed by atoms with Gasteiger partial charge in [-0.2, -0.15) is 0 Å². The zero-order valence-corrected chi connectivity index (χ0v) is 6.96. The van der Waals surface area contributed by atoms with Crippen molar-refractivity contribution in [2.45, 2.75) is 32.8 Å². The normalized spacial score (nSPS) is 36.1. The van der Waals surface area contributed by atoms with E-state index in [-0.39, 0.29) is 12.1 Å². The van der Waals surface area contributed by atoms with Gasteiger partial charge in [0.1, 0.15) is 0 Å². The van der Waals surface area contributed by atoms with E-state index in [4.69, 9.17) is 9.84 Å². The van der Waals surface area contributed by atoms with Crippen molar-refractivity contribution in [3.05, 3.63) is 0 Å². The average molecular weight is 158 g/mol. The van der Waals surface area contributed by atoms with Gasteiger partial charge in [-0.15, -0.1) is 0 Å². The van der Waals surface area contributed by atoms with Gasteiger partial charge in [0.05, 0.1) is 18.1 Å². The van der Waals surface area contributed by atoms with Gasteiger partial charge in [0.25, 0.3) is 0 Å². The molecule has 0 saturated heterocycles. The first-order valence-corrected chi connectivity index (χ1v) is 3.94. The summed E-state index contributed by atoms with van der Waals surface area (Å²) in [5.41, 5.74) is -0.407. The Labute approximate surface area is 66.4 Å². The summed E-state index contributed by atoms with van der Waals surface area (Å²) in [7, 11) is 0. The van der Waals surface area contributed by atoms with E-state index < -0.39 is 5.41 Å². The van der Waals surface area contributed by atoms with Crippen molar-refractivity contribution in [2.24, 2.45) is 5.41 Å². The van der Waals surface area contributed by atoms with Crippen molar-refractivity contribution in [1.29, 1.82) is 0 Å². The Morgan fingerprint density at radius 1 is 1.73 bits per heavy atom. The number of carbonyl (C=O) groups is 1. The molecule has 0 aromatic rings. The van der Waals surface area contributed by atoms with Gasteiger partial charge >= 0.3 is 5.97 Å². The van der Waals surface area contributed by atoms with Gasteiger partial charge in [-0.1, -0.05) is 0 Å². The molecule has 0 aromatic carbocycles. The van der Waals surface area contributed by atoms with Crippen LogP contribution in [0, 0.1) is 5.41 Å². The van der Waals surface area contributed by atoms with Crippen LogP contribution in [0.5, 0.6) is 0 Å². The number of esters is 1. The fourth-order valence-corrected chi connectivity index (χ4v) is 1.45. The van der Waals surface area contributed by atoms with Crippen LogP contribution >= 0.6 is 0 Å². The monoisotopic (exact) mass is 158 g/mol. The van der Waals surface area contributed by atoms with Crippen LogP contribution in [0.1, 0.15) is 26.7 Å². The molecule has 0 spiro atoms. The highest BCUT2D eigenvalue weighted by Crippen LogP contribution is 2.41. The summed E-state index contributed by atoms with van der Waals surface area (Å²) >= 11 is 0. The summed E-state index contributed by atoms with van der Waals surface area (Å²) in [6, 6.07) is 0. The SMILES string of the molecule is CCOC(=O)C1(C)CC(O)C1. The summed E-state index contributed by atoms with van der Waals surface area (Å²) in [5.74, 6) is -0.176. The Bertz CT molecular complexity index is 159. The third-order valence-corrected chi connectivity index (χ3v) is 2.14. The molecule has 0 aromatic heterocycles. The molecule has 1 rings (SSSR count). The van der Waals surface area contributed by atoms with Crippen LogP contribution < -0.4 is 0 Å². The van der Waals surface area contributed by atoms with Crippen molar-refractivity contribution in [3.63, 3.8) is 0 Å². The quantitative estimate of drug-likeness (QED) is 0.602. The van der Waals surface area contributed by atoms with Crippen molar-refractivity contribution in [3.8, 4) is 0 Å². The van der Waals surface area contributed by atoms with Crippen LogP contribution in [0.4, 0.5) is 0 Å². The molecule has 1 aliphatic carbocycles. The molecule has 1 N–H and O–H groups in total. The summed E-state index contributed by atoms with van der Waals surface area (Å²) in [5, 5.41) is 8.99. The van der Waals surface area contributed by atoms with Gasteiger partial charge in [-0.25, -0.2) is 0 Å². The molecule has 1 aliphatic rings. The summed E-state index contributed by atoms with van der Waals surface area (Å²) in [6.07, 6.45) is 0.793. The first kappa shape index (κ1) is 8.53. The smallest absolute Gasteiger partial charge is 0.311 e. The Kier molecular flexibility index (Phi) is 2.18. The molecule has 0 bridgehead atoms. The highest BCUT2D eigenvalue weighted by molar-refractivity contribution is 5.77. The molecule has 0 heterocycles. The zero-order valence-electron chi connectivity index (χ0n) is 6.96. The average Bonchev–Trinajstić information content (AvgIpc) is 1.85. The lowest BCUT2D eigenvalue weighted by atomic mass is 9.68. The molecule has 3 heteroatoms. The fourth-order valence-electron chi connectivity index (χ4n) is 1.45. The summed E-state index contributed by atoms with van der Waals surface area (Å²) < 4.78 is 4.85. The topological polar surface area (TPSA) is 46.5 Å². The van der Waals surface area contributed by atoms with E-state index in [0.717, 1.165) is 0 Å². The lowest BCUT2D eigenvalue weighted by Crippen LogP contribution is -2.45. The largest absolute Gasteiger partial charge is 0.466 e. The van der Waals surface area contributed by atoms with Crippen LogP contribution in [0.2, 0.25) is 0 Å². The highest BCUT2D eigenvalue weighted by Gasteiger charge is 2.46. The molecular formula is C8H14O3. The minimum atomic E-state index is -0.407. The third kappa shape index (κ3) is 1.53. The van der Waals surface area contributed by atoms with E-state index in [0.29, 0.717) is 19.4 Å². The molecule has 0 aliphatic heterocycles. The van der Waals surface area contributed by atoms with Crippen molar-refractivity contribution >= 4 is 5.97 Å². The second kappa shape index (κ2) is 2.81. The maximum Gasteiger partial charge on any atom is 0.311 e. The molecule has 0 atom stereocenters. The fraction of sp³-hybridized carbons (Fsp3) is 0.875. The van der Waals surface area contributed by atoms with Gasteiger partial charge in [-0.3, -0.25) is 4.79 Å². The first-order valence-electron chi connectivity index (χ1n) is 3.94. The number of aliphatic hydroxyl groups is 1. The lowest BCUT2D eigenvalue weighted by molar-refractivity contribution is -0.167. The highest BCUT2D eigenvalue weighted by atomic mass is 16.5. The number of carbonyl (C=O) groups excluding carboxylic acids is 1. The molecule has 1 fully saturated rings. The lowest BCUT2D eigenvalue weighted by Gasteiger charge is -2.39. The van der Waals surface area contributed by atoms with Crippen molar-refractivity contribution in [1.82, 2.24) is 0 Å². The minimum absolute atomic E-state index is 0.176. The van der Waals surface area contributed by atoms with Crippen LogP contribution in [0.25, 0.3) is 0 Å². The second-order valence-electron chi connectivity index (χ2n) is 3.34. The van der Waals surface area contributed by atoms with Gasteiger partial charge in [-0.05, 0) is 26.7 Å². The predicted molar refractivity (Wildman–Crippen MR) is 40.0 cm³/mol. The summed E-state index contributed by atoms with van der Waals surface area (Å²) in [6.45, 7) is 4.04. The maximum absolute atomic E-state index is 11.2. The zero-order chi connectivity index (χ0) is 8.48. The Balaban J connectivity index is 2.41. The molecule has 0 radical (unpaired) electrons. The Morgan fingerprint density at radius 2 is 2.27 bits per heavy atom. The minimum Gasteiger partial charge on any atom is -0.466 e. The second-order valence-corrected chi connectivity index (χ2v) is 3.34. The van der Waals surface area contributed by atoms with E-state index in [1.165, 1.54) is 0 Å². The first-order chi connectivity index (χ1) is 5.08. The predicted octanol–water partition coefficient (Wildman–Crippen LogP) is 0.711. The number of ether oxygens (including phenoxy) is 1. The molecule has 3 nitrogen and oxygen atoms in total. The molecule has 0 amide bonds. The van der Waals surface area contributed by atoms with E-state index in [9.17, 15) is 4.79 Å². The molecule has 11 heavy (non-hydrogen) atoms. The number of rotatable bonds is 2. The van der Waals surface area contributed by atoms with Crippen LogP contribution in [0.15, 0.2) is 0 Å². The van der Waals surface area contributed by atoms with Gasteiger partial charge < -0.3 is 9.84 Å². The Hall–Kier alpha value is -0.570. The molecule has 0 unspecified atom stereocenters. The molecule has 1 saturated carbocycles. The van der Waals surface area contributed by atoms with Crippen LogP contribution in [0.3, 0.4) is 0 Å². The number of aliphatic hydroxyl groups excluding tert-OH is 1. The van der Waals surface area contributed by atoms with Gasteiger partial charge in [0, 0.05) is 0 Å². The van der Waals surface area contributed by atoms with Gasteiger partial charge in [0.2, 0.25) is 0 Å². The van der Waals surface area contributed by atoms with Crippen LogP contribution in [-0.2, 0) is 9.53 Å². The van der Waals surface area contributed by atoms with Crippen molar-refractivity contribution < 1.29 is 14.6 Å². The van der Waals surface area contributed by atoms with E-state index in [1.807, 2.05) is 6.92 Å². The van der Waals surface area contributed by atoms with Crippen LogP contribution in [-0.4, -0.2) is 23.8 Å². The Morgan fingerprint density at radius 3 is 2.64 bits per heavy atom. The standard InChI is InChI=1S/C8H14O3/c1-3-11-7(10)8(2)4-6(9)5-8/h6,9H,3-5H2,1-2H3. The third-order valence-electron chi connectivity index (χ3n) is 2.14. The number of hydrogen-bond donors (Lipinski definition) is 1. The molecule has 64 valence electrons. The maximum atomic E-state index is 11.2. The summed E-state index contributed by atoms with van der Waals surface area (Å²) in [4.78, 5) is 11.2.